The van der Waals surface area contributed by atoms with Gasteiger partial charge in [-0.15, -0.1) is 6.42 Å². The average Bonchev–Trinajstić information content (AvgIpc) is 2.75. The molecule has 0 fully saturated rings. The normalized spacial score (nSPS) is 10.4. The SMILES string of the molecule is C#CC(=O)NCc1cccc(Oc2ccc(F)cc2F)c1-c1cc(CC)c(=O)n(C)n1. The molecule has 0 saturated carbocycles. The first-order valence-electron chi connectivity index (χ1n) is 9.40. The molecule has 0 aliphatic heterocycles. The third-order valence-corrected chi connectivity index (χ3v) is 4.57. The van der Waals surface area contributed by atoms with Crippen molar-refractivity contribution in [1.82, 2.24) is 15.1 Å². The summed E-state index contributed by atoms with van der Waals surface area (Å²) in [6.45, 7) is 1.89. The Kier molecular flexibility index (Phi) is 6.46. The fourth-order valence-corrected chi connectivity index (χ4v) is 3.05. The van der Waals surface area contributed by atoms with Gasteiger partial charge in [-0.25, -0.2) is 13.5 Å². The summed E-state index contributed by atoms with van der Waals surface area (Å²) in [5.41, 5.74) is 1.69. The van der Waals surface area contributed by atoms with E-state index in [0.717, 1.165) is 6.07 Å². The number of ether oxygens (including phenoxy) is 1. The molecule has 158 valence electrons. The maximum absolute atomic E-state index is 14.2. The molecule has 2 aromatic carbocycles. The molecule has 31 heavy (non-hydrogen) atoms. The molecule has 0 bridgehead atoms. The Morgan fingerprint density at radius 1 is 1.19 bits per heavy atom. The second kappa shape index (κ2) is 9.22. The molecule has 0 unspecified atom stereocenters. The van der Waals surface area contributed by atoms with Gasteiger partial charge in [0.25, 0.3) is 11.5 Å². The summed E-state index contributed by atoms with van der Waals surface area (Å²) in [5.74, 6) is -0.219. The first kappa shape index (κ1) is 21.7. The lowest BCUT2D eigenvalue weighted by molar-refractivity contribution is -0.115. The minimum Gasteiger partial charge on any atom is -0.454 e. The van der Waals surface area contributed by atoms with Crippen LogP contribution in [0.4, 0.5) is 8.78 Å². The molecule has 0 radical (unpaired) electrons. The van der Waals surface area contributed by atoms with Crippen molar-refractivity contribution in [3.63, 3.8) is 0 Å². The van der Waals surface area contributed by atoms with Crippen LogP contribution in [-0.2, 0) is 24.8 Å². The van der Waals surface area contributed by atoms with Crippen LogP contribution in [-0.4, -0.2) is 15.7 Å². The van der Waals surface area contributed by atoms with E-state index < -0.39 is 17.5 Å². The van der Waals surface area contributed by atoms with E-state index in [2.05, 4.69) is 10.4 Å². The van der Waals surface area contributed by atoms with Crippen LogP contribution in [0.15, 0.2) is 47.3 Å². The van der Waals surface area contributed by atoms with Gasteiger partial charge < -0.3 is 10.1 Å². The van der Waals surface area contributed by atoms with Crippen LogP contribution < -0.4 is 15.6 Å². The number of aromatic nitrogens is 2. The summed E-state index contributed by atoms with van der Waals surface area (Å²) in [5, 5.41) is 6.89. The molecule has 1 aromatic heterocycles. The number of hydrogen-bond acceptors (Lipinski definition) is 4. The van der Waals surface area contributed by atoms with Crippen molar-refractivity contribution in [2.45, 2.75) is 19.9 Å². The average molecular weight is 423 g/mol. The molecule has 6 nitrogen and oxygen atoms in total. The van der Waals surface area contributed by atoms with Gasteiger partial charge in [0.2, 0.25) is 0 Å². The van der Waals surface area contributed by atoms with Crippen molar-refractivity contribution in [3.05, 3.63) is 75.6 Å². The van der Waals surface area contributed by atoms with Crippen LogP contribution in [0.25, 0.3) is 11.3 Å². The number of nitrogens with zero attached hydrogens (tertiary/aromatic N) is 2. The molecule has 0 spiro atoms. The number of terminal acetylenes is 1. The first-order chi connectivity index (χ1) is 14.8. The van der Waals surface area contributed by atoms with E-state index >= 15 is 0 Å². The smallest absolute Gasteiger partial charge is 0.295 e. The zero-order valence-corrected chi connectivity index (χ0v) is 16.9. The van der Waals surface area contributed by atoms with Crippen LogP contribution in [0.3, 0.4) is 0 Å². The number of hydrogen-bond donors (Lipinski definition) is 1. The Morgan fingerprint density at radius 2 is 1.97 bits per heavy atom. The molecule has 8 heteroatoms. The molecular weight excluding hydrogens is 404 g/mol. The third kappa shape index (κ3) is 4.78. The lowest BCUT2D eigenvalue weighted by Crippen LogP contribution is -2.24. The second-order valence-electron chi connectivity index (χ2n) is 6.63. The van der Waals surface area contributed by atoms with Crippen molar-refractivity contribution in [2.24, 2.45) is 7.05 Å². The summed E-state index contributed by atoms with van der Waals surface area (Å²) >= 11 is 0. The lowest BCUT2D eigenvalue weighted by Gasteiger charge is -2.17. The number of carbonyl (C=O) groups is 1. The number of halogens is 2. The van der Waals surface area contributed by atoms with Gasteiger partial charge >= 0.3 is 0 Å². The van der Waals surface area contributed by atoms with Gasteiger partial charge in [0.15, 0.2) is 11.6 Å². The summed E-state index contributed by atoms with van der Waals surface area (Å²) in [6.07, 6.45) is 5.58. The molecule has 1 amide bonds. The highest BCUT2D eigenvalue weighted by Crippen LogP contribution is 2.36. The van der Waals surface area contributed by atoms with Crippen LogP contribution in [0.1, 0.15) is 18.1 Å². The van der Waals surface area contributed by atoms with Crippen LogP contribution >= 0.6 is 0 Å². The molecule has 1 N–H and O–H groups in total. The maximum atomic E-state index is 14.2. The predicted molar refractivity (Wildman–Crippen MR) is 111 cm³/mol. The molecule has 0 aliphatic rings. The van der Waals surface area contributed by atoms with Crippen molar-refractivity contribution in [2.75, 3.05) is 0 Å². The first-order valence-corrected chi connectivity index (χ1v) is 9.40. The van der Waals surface area contributed by atoms with Crippen molar-refractivity contribution in [1.29, 1.82) is 0 Å². The van der Waals surface area contributed by atoms with Gasteiger partial charge in [-0.1, -0.05) is 19.1 Å². The second-order valence-corrected chi connectivity index (χ2v) is 6.63. The highest BCUT2D eigenvalue weighted by atomic mass is 19.1. The Balaban J connectivity index is 2.17. The van der Waals surface area contributed by atoms with Crippen molar-refractivity contribution < 1.29 is 18.3 Å². The molecule has 1 heterocycles. The summed E-state index contributed by atoms with van der Waals surface area (Å²) in [4.78, 5) is 23.8. The monoisotopic (exact) mass is 423 g/mol. The van der Waals surface area contributed by atoms with Gasteiger partial charge in [0, 0.05) is 30.8 Å². The van der Waals surface area contributed by atoms with Gasteiger partial charge in [-0.3, -0.25) is 9.59 Å². The van der Waals surface area contributed by atoms with E-state index in [1.807, 2.05) is 12.8 Å². The molecule has 0 aliphatic carbocycles. The summed E-state index contributed by atoms with van der Waals surface area (Å²) in [7, 11) is 1.52. The number of rotatable bonds is 6. The van der Waals surface area contributed by atoms with Crippen LogP contribution in [0, 0.1) is 24.0 Å². The Morgan fingerprint density at radius 3 is 2.65 bits per heavy atom. The topological polar surface area (TPSA) is 73.2 Å². The van der Waals surface area contributed by atoms with Crippen molar-refractivity contribution >= 4 is 5.91 Å². The minimum absolute atomic E-state index is 0.0491. The quantitative estimate of drug-likeness (QED) is 0.618. The van der Waals surface area contributed by atoms with Crippen LogP contribution in [0.5, 0.6) is 11.5 Å². The fraction of sp³-hybridized carbons (Fsp3) is 0.174. The van der Waals surface area contributed by atoms with E-state index in [4.69, 9.17) is 11.2 Å². The largest absolute Gasteiger partial charge is 0.454 e. The standard InChI is InChI=1S/C23H19F2N3O3/c1-4-14-11-18(27-28(3)23(14)30)22-15(13-26-21(29)5-2)7-6-8-20(22)31-19-10-9-16(24)12-17(19)25/h2,6-12H,4,13H2,1,3H3,(H,26,29). The van der Waals surface area contributed by atoms with Gasteiger partial charge in [-0.2, -0.15) is 5.10 Å². The van der Waals surface area contributed by atoms with E-state index in [1.165, 1.54) is 17.8 Å². The van der Waals surface area contributed by atoms with Crippen LogP contribution in [0.2, 0.25) is 0 Å². The molecule has 3 aromatic rings. The zero-order chi connectivity index (χ0) is 22.5. The highest BCUT2D eigenvalue weighted by Gasteiger charge is 2.18. The number of nitrogens with one attached hydrogen (secondary N) is 1. The predicted octanol–water partition coefficient (Wildman–Crippen LogP) is 3.33. The third-order valence-electron chi connectivity index (χ3n) is 4.57. The molecular formula is C23H19F2N3O3. The Hall–Kier alpha value is -3.99. The molecule has 0 saturated heterocycles. The van der Waals surface area contributed by atoms with E-state index in [-0.39, 0.29) is 23.6 Å². The maximum Gasteiger partial charge on any atom is 0.295 e. The van der Waals surface area contributed by atoms with E-state index in [1.54, 1.807) is 24.3 Å². The lowest BCUT2D eigenvalue weighted by atomic mass is 10.0. The number of amides is 1. The number of aryl methyl sites for hydroxylation is 2. The fourth-order valence-electron chi connectivity index (χ4n) is 3.05. The number of benzene rings is 2. The summed E-state index contributed by atoms with van der Waals surface area (Å²) in [6, 6.07) is 9.55. The molecule has 0 atom stereocenters. The van der Waals surface area contributed by atoms with E-state index in [0.29, 0.717) is 34.9 Å². The van der Waals surface area contributed by atoms with Crippen molar-refractivity contribution in [3.8, 4) is 35.1 Å². The Labute approximate surface area is 177 Å². The minimum atomic E-state index is -0.875. The zero-order valence-electron chi connectivity index (χ0n) is 16.9. The number of carbonyl (C=O) groups excluding carboxylic acids is 1. The summed E-state index contributed by atoms with van der Waals surface area (Å²) < 4.78 is 34.4. The molecule has 3 rings (SSSR count). The van der Waals surface area contributed by atoms with Gasteiger partial charge in [0.1, 0.15) is 11.6 Å². The van der Waals surface area contributed by atoms with E-state index in [9.17, 15) is 18.4 Å². The van der Waals surface area contributed by atoms with Gasteiger partial charge in [-0.05, 0) is 42.2 Å². The highest BCUT2D eigenvalue weighted by molar-refractivity contribution is 5.92. The van der Waals surface area contributed by atoms with Gasteiger partial charge in [0.05, 0.1) is 5.69 Å². The Bertz CT molecular complexity index is 1250.